The lowest BCUT2D eigenvalue weighted by atomic mass is 9.89. The summed E-state index contributed by atoms with van der Waals surface area (Å²) in [4.78, 5) is 16.4. The van der Waals surface area contributed by atoms with Crippen LogP contribution in [0.4, 0.5) is 5.82 Å². The summed E-state index contributed by atoms with van der Waals surface area (Å²) >= 11 is 0. The molecule has 0 aromatic carbocycles. The van der Waals surface area contributed by atoms with Gasteiger partial charge in [0.25, 0.3) is 5.56 Å². The van der Waals surface area contributed by atoms with Crippen LogP contribution in [0, 0.1) is 11.8 Å². The molecule has 2 rings (SSSR count). The number of hydrogen-bond donors (Lipinski definition) is 1. The second-order valence-corrected chi connectivity index (χ2v) is 6.01. The fourth-order valence-electron chi connectivity index (χ4n) is 2.74. The topological polar surface area (TPSA) is 46.9 Å². The summed E-state index contributed by atoms with van der Waals surface area (Å²) in [5, 5.41) is 3.25. The third-order valence-corrected chi connectivity index (χ3v) is 3.76. The van der Waals surface area contributed by atoms with Crippen molar-refractivity contribution in [2.45, 2.75) is 52.5 Å². The van der Waals surface area contributed by atoms with Gasteiger partial charge in [0.1, 0.15) is 0 Å². The molecule has 19 heavy (non-hydrogen) atoms. The molecule has 0 aliphatic heterocycles. The maximum Gasteiger partial charge on any atom is 0.293 e. The van der Waals surface area contributed by atoms with Crippen LogP contribution in [0.15, 0.2) is 17.2 Å². The van der Waals surface area contributed by atoms with Gasteiger partial charge in [-0.15, -0.1) is 0 Å². The van der Waals surface area contributed by atoms with E-state index < -0.39 is 0 Å². The Hall–Kier alpha value is -1.32. The van der Waals surface area contributed by atoms with E-state index in [2.05, 4.69) is 24.1 Å². The van der Waals surface area contributed by atoms with Crippen molar-refractivity contribution in [1.82, 2.24) is 9.55 Å². The van der Waals surface area contributed by atoms with E-state index >= 15 is 0 Å². The van der Waals surface area contributed by atoms with Crippen LogP contribution in [-0.2, 0) is 6.54 Å². The molecule has 1 aromatic rings. The first-order chi connectivity index (χ1) is 9.16. The van der Waals surface area contributed by atoms with Crippen molar-refractivity contribution < 1.29 is 0 Å². The minimum atomic E-state index is 0.00649. The van der Waals surface area contributed by atoms with Crippen molar-refractivity contribution in [2.75, 3.05) is 11.9 Å². The van der Waals surface area contributed by atoms with E-state index in [1.807, 2.05) is 0 Å². The fraction of sp³-hybridized carbons (Fsp3) is 0.733. The van der Waals surface area contributed by atoms with Crippen molar-refractivity contribution in [3.05, 3.63) is 22.7 Å². The van der Waals surface area contributed by atoms with Crippen LogP contribution in [0.2, 0.25) is 0 Å². The molecule has 0 saturated heterocycles. The molecule has 1 N–H and O–H groups in total. The van der Waals surface area contributed by atoms with Crippen LogP contribution < -0.4 is 10.9 Å². The molecule has 0 bridgehead atoms. The highest BCUT2D eigenvalue weighted by Gasteiger charge is 2.14. The van der Waals surface area contributed by atoms with E-state index in [1.165, 1.54) is 32.1 Å². The number of hydrogen-bond acceptors (Lipinski definition) is 3. The Morgan fingerprint density at radius 3 is 2.79 bits per heavy atom. The summed E-state index contributed by atoms with van der Waals surface area (Å²) < 4.78 is 1.75. The molecule has 1 fully saturated rings. The third-order valence-electron chi connectivity index (χ3n) is 3.76. The standard InChI is InChI=1S/C15H25N3O/c1-12(2)11-18-9-8-16-14(15(18)19)17-10-13-6-4-3-5-7-13/h8-9,12-13H,3-7,10-11H2,1-2H3,(H,16,17). The van der Waals surface area contributed by atoms with Crippen LogP contribution in [0.3, 0.4) is 0 Å². The fourth-order valence-corrected chi connectivity index (χ4v) is 2.74. The monoisotopic (exact) mass is 263 g/mol. The highest BCUT2D eigenvalue weighted by molar-refractivity contribution is 5.30. The smallest absolute Gasteiger partial charge is 0.293 e. The van der Waals surface area contributed by atoms with Crippen molar-refractivity contribution in [3.63, 3.8) is 0 Å². The summed E-state index contributed by atoms with van der Waals surface area (Å²) in [5.74, 6) is 1.67. The lowest BCUT2D eigenvalue weighted by Gasteiger charge is -2.22. The van der Waals surface area contributed by atoms with E-state index in [4.69, 9.17) is 0 Å². The second-order valence-electron chi connectivity index (χ2n) is 6.01. The van der Waals surface area contributed by atoms with Gasteiger partial charge in [-0.2, -0.15) is 0 Å². The molecule has 0 amide bonds. The maximum atomic E-state index is 12.2. The van der Waals surface area contributed by atoms with Crippen LogP contribution in [0.1, 0.15) is 46.0 Å². The average Bonchev–Trinajstić information content (AvgIpc) is 2.40. The molecule has 0 unspecified atom stereocenters. The maximum absolute atomic E-state index is 12.2. The molecule has 1 aliphatic rings. The zero-order valence-electron chi connectivity index (χ0n) is 12.1. The van der Waals surface area contributed by atoms with E-state index in [1.54, 1.807) is 17.0 Å². The van der Waals surface area contributed by atoms with Crippen LogP contribution in [0.5, 0.6) is 0 Å². The molecule has 1 heterocycles. The molecular weight excluding hydrogens is 238 g/mol. The highest BCUT2D eigenvalue weighted by atomic mass is 16.1. The van der Waals surface area contributed by atoms with Crippen LogP contribution >= 0.6 is 0 Å². The first-order valence-corrected chi connectivity index (χ1v) is 7.46. The molecule has 4 nitrogen and oxygen atoms in total. The molecular formula is C15H25N3O. The van der Waals surface area contributed by atoms with Crippen molar-refractivity contribution in [3.8, 4) is 0 Å². The highest BCUT2D eigenvalue weighted by Crippen LogP contribution is 2.23. The molecule has 1 aliphatic carbocycles. The molecule has 0 spiro atoms. The van der Waals surface area contributed by atoms with Crippen LogP contribution in [0.25, 0.3) is 0 Å². The van der Waals surface area contributed by atoms with Gasteiger partial charge in [0.2, 0.25) is 0 Å². The summed E-state index contributed by atoms with van der Waals surface area (Å²) in [6.45, 7) is 5.86. The van der Waals surface area contributed by atoms with Gasteiger partial charge in [-0.05, 0) is 24.7 Å². The third kappa shape index (κ3) is 4.08. The minimum absolute atomic E-state index is 0.00649. The summed E-state index contributed by atoms with van der Waals surface area (Å²) in [6, 6.07) is 0. The predicted molar refractivity (Wildman–Crippen MR) is 78.4 cm³/mol. The largest absolute Gasteiger partial charge is 0.365 e. The first-order valence-electron chi connectivity index (χ1n) is 7.46. The van der Waals surface area contributed by atoms with Gasteiger partial charge >= 0.3 is 0 Å². The Morgan fingerprint density at radius 2 is 2.11 bits per heavy atom. The zero-order valence-corrected chi connectivity index (χ0v) is 12.1. The number of rotatable bonds is 5. The first kappa shape index (κ1) is 14.1. The molecule has 1 aromatic heterocycles. The van der Waals surface area contributed by atoms with E-state index in [0.717, 1.165) is 13.1 Å². The molecule has 106 valence electrons. The van der Waals surface area contributed by atoms with Crippen molar-refractivity contribution in [2.24, 2.45) is 11.8 Å². The lowest BCUT2D eigenvalue weighted by molar-refractivity contribution is 0.373. The average molecular weight is 263 g/mol. The van der Waals surface area contributed by atoms with E-state index in [-0.39, 0.29) is 5.56 Å². The lowest BCUT2D eigenvalue weighted by Crippen LogP contribution is -2.28. The van der Waals surface area contributed by atoms with Gasteiger partial charge < -0.3 is 9.88 Å². The summed E-state index contributed by atoms with van der Waals surface area (Å²) in [5.41, 5.74) is 0.00649. The summed E-state index contributed by atoms with van der Waals surface area (Å²) in [6.07, 6.45) is 10.1. The Bertz CT molecular complexity index is 447. The number of aromatic nitrogens is 2. The van der Waals surface area contributed by atoms with Gasteiger partial charge in [0.15, 0.2) is 5.82 Å². The number of nitrogens with zero attached hydrogens (tertiary/aromatic N) is 2. The predicted octanol–water partition coefficient (Wildman–Crippen LogP) is 2.89. The van der Waals surface area contributed by atoms with Crippen LogP contribution in [-0.4, -0.2) is 16.1 Å². The van der Waals surface area contributed by atoms with Gasteiger partial charge in [0.05, 0.1) is 0 Å². The van der Waals surface area contributed by atoms with Gasteiger partial charge in [-0.25, -0.2) is 4.98 Å². The molecule has 4 heteroatoms. The van der Waals surface area contributed by atoms with Gasteiger partial charge in [-0.3, -0.25) is 4.79 Å². The van der Waals surface area contributed by atoms with Gasteiger partial charge in [0, 0.05) is 25.5 Å². The summed E-state index contributed by atoms with van der Waals surface area (Å²) in [7, 11) is 0. The Kier molecular flexibility index (Phi) is 5.00. The van der Waals surface area contributed by atoms with Gasteiger partial charge in [-0.1, -0.05) is 33.1 Å². The Morgan fingerprint density at radius 1 is 1.37 bits per heavy atom. The molecule has 0 radical (unpaired) electrons. The molecule has 1 saturated carbocycles. The normalized spacial score (nSPS) is 16.8. The zero-order chi connectivity index (χ0) is 13.7. The van der Waals surface area contributed by atoms with Crippen molar-refractivity contribution in [1.29, 1.82) is 0 Å². The van der Waals surface area contributed by atoms with Crippen molar-refractivity contribution >= 4 is 5.82 Å². The quantitative estimate of drug-likeness (QED) is 0.888. The second kappa shape index (κ2) is 6.73. The molecule has 0 atom stereocenters. The Balaban J connectivity index is 1.97. The van der Waals surface area contributed by atoms with E-state index in [9.17, 15) is 4.79 Å². The Labute approximate surface area is 115 Å². The SMILES string of the molecule is CC(C)Cn1ccnc(NCC2CCCCC2)c1=O. The number of nitrogens with one attached hydrogen (secondary N) is 1. The number of anilines is 1. The van der Waals surface area contributed by atoms with E-state index in [0.29, 0.717) is 17.7 Å². The minimum Gasteiger partial charge on any atom is -0.365 e.